The van der Waals surface area contributed by atoms with Gasteiger partial charge >= 0.3 is 0 Å². The van der Waals surface area contributed by atoms with Gasteiger partial charge in [0.15, 0.2) is 0 Å². The Balaban J connectivity index is 3.13. The van der Waals surface area contributed by atoms with E-state index in [1.165, 1.54) is 11.5 Å². The predicted octanol–water partition coefficient (Wildman–Crippen LogP) is 0.538. The zero-order valence-corrected chi connectivity index (χ0v) is 3.27. The van der Waals surface area contributed by atoms with Gasteiger partial charge in [0.05, 0.1) is 6.20 Å². The summed E-state index contributed by atoms with van der Waals surface area (Å²) in [6.07, 6.45) is 1.66. The number of aromatic nitrogens is 2. The van der Waals surface area contributed by atoms with Crippen LogP contribution >= 0.6 is 11.5 Å². The van der Waals surface area contributed by atoms with Crippen LogP contribution < -0.4 is 0 Å². The maximum Gasteiger partial charge on any atom is 0.0620 e. The third-order valence-corrected chi connectivity index (χ3v) is 0.715. The van der Waals surface area contributed by atoms with Crippen molar-refractivity contribution in [2.45, 2.75) is 0 Å². The Labute approximate surface area is 33.6 Å². The largest absolute Gasteiger partial charge is 0.147 e. The summed E-state index contributed by atoms with van der Waals surface area (Å²) < 4.78 is 3.51. The van der Waals surface area contributed by atoms with Crippen molar-refractivity contribution in [3.8, 4) is 0 Å². The molecule has 0 spiro atoms. The highest BCUT2D eigenvalue weighted by atomic mass is 32.1. The van der Waals surface area contributed by atoms with E-state index in [-0.39, 0.29) is 0 Å². The lowest BCUT2D eigenvalue weighted by molar-refractivity contribution is 1.16. The third-order valence-electron chi connectivity index (χ3n) is 0.283. The van der Waals surface area contributed by atoms with Crippen LogP contribution in [0.15, 0.2) is 11.6 Å². The van der Waals surface area contributed by atoms with E-state index in [0.29, 0.717) is 0 Å². The normalized spacial score (nSPS) is 8.00. The van der Waals surface area contributed by atoms with Gasteiger partial charge in [0.2, 0.25) is 0 Å². The summed E-state index contributed by atoms with van der Waals surface area (Å²) in [5.41, 5.74) is 0. The molecule has 0 saturated heterocycles. The summed E-state index contributed by atoms with van der Waals surface area (Å²) in [6, 6.07) is 0. The standard InChI is InChI=1S/C2H2N2S/c1-2-5-4-3-1/h1-2H/i1+1. The second kappa shape index (κ2) is 1.12. The monoisotopic (exact) mass is 87.0 g/mol. The average Bonchev–Trinajstić information content (AvgIpc) is 1.76. The smallest absolute Gasteiger partial charge is 0.0620 e. The molecule has 0 unspecified atom stereocenters. The van der Waals surface area contributed by atoms with Crippen molar-refractivity contribution in [3.63, 3.8) is 0 Å². The van der Waals surface area contributed by atoms with Crippen LogP contribution in [0, 0.1) is 0 Å². The van der Waals surface area contributed by atoms with Crippen molar-refractivity contribution >= 4 is 11.5 Å². The molecule has 0 N–H and O–H groups in total. The number of nitrogens with zero attached hydrogens (tertiary/aromatic N) is 2. The Morgan fingerprint density at radius 3 is 2.80 bits per heavy atom. The maximum absolute atomic E-state index is 3.51. The second-order valence-electron chi connectivity index (χ2n) is 0.588. The number of hydrogen-bond donors (Lipinski definition) is 0. The molecule has 0 aliphatic heterocycles. The van der Waals surface area contributed by atoms with Crippen LogP contribution in [0.25, 0.3) is 0 Å². The van der Waals surface area contributed by atoms with E-state index >= 15 is 0 Å². The van der Waals surface area contributed by atoms with E-state index in [1.807, 2.05) is 5.38 Å². The van der Waals surface area contributed by atoms with E-state index in [0.717, 1.165) is 0 Å². The molecular weight excluding hydrogens is 85.1 g/mol. The fourth-order valence-electron chi connectivity index (χ4n) is 0.136. The fraction of sp³-hybridized carbons (Fsp3) is 0. The van der Waals surface area contributed by atoms with Gasteiger partial charge in [-0.05, 0) is 11.5 Å². The average molecular weight is 87.1 g/mol. The van der Waals surface area contributed by atoms with E-state index in [2.05, 4.69) is 9.59 Å². The van der Waals surface area contributed by atoms with E-state index in [4.69, 9.17) is 0 Å². The maximum atomic E-state index is 3.51. The molecule has 0 aliphatic rings. The minimum atomic E-state index is 1.35. The van der Waals surface area contributed by atoms with Gasteiger partial charge in [0, 0.05) is 5.38 Å². The first-order valence-electron chi connectivity index (χ1n) is 1.21. The highest BCUT2D eigenvalue weighted by Gasteiger charge is 1.61. The van der Waals surface area contributed by atoms with Gasteiger partial charge < -0.3 is 0 Å². The molecule has 0 saturated carbocycles. The van der Waals surface area contributed by atoms with Crippen molar-refractivity contribution < 1.29 is 0 Å². The Hall–Kier alpha value is -0.440. The zero-order chi connectivity index (χ0) is 3.54. The second-order valence-corrected chi connectivity index (χ2v) is 1.23. The molecule has 1 rings (SSSR count). The molecule has 1 aromatic rings. The molecule has 3 heteroatoms. The molecule has 26 valence electrons. The summed E-state index contributed by atoms with van der Waals surface area (Å²) in [5, 5.41) is 5.31. The van der Waals surface area contributed by atoms with Crippen LogP contribution in [-0.2, 0) is 0 Å². The van der Waals surface area contributed by atoms with Crippen LogP contribution in [0.2, 0.25) is 0 Å². The van der Waals surface area contributed by atoms with Crippen molar-refractivity contribution in [2.24, 2.45) is 0 Å². The first-order valence-corrected chi connectivity index (χ1v) is 2.05. The molecular formula is C2H2N2S. The molecule has 0 aliphatic carbocycles. The van der Waals surface area contributed by atoms with E-state index in [9.17, 15) is 0 Å². The third kappa shape index (κ3) is 0.417. The Bertz CT molecular complexity index is 64.1. The van der Waals surface area contributed by atoms with Gasteiger partial charge in [-0.1, -0.05) is 4.49 Å². The first-order chi connectivity index (χ1) is 2.50. The van der Waals surface area contributed by atoms with Crippen molar-refractivity contribution in [3.05, 3.63) is 11.6 Å². The van der Waals surface area contributed by atoms with Crippen LogP contribution in [0.5, 0.6) is 0 Å². The van der Waals surface area contributed by atoms with Crippen molar-refractivity contribution in [1.82, 2.24) is 9.59 Å². The van der Waals surface area contributed by atoms with Gasteiger partial charge in [0.25, 0.3) is 0 Å². The topological polar surface area (TPSA) is 25.8 Å². The Kier molecular flexibility index (Phi) is 0.624. The SMILES string of the molecule is c1[13cH]nns1. The van der Waals surface area contributed by atoms with E-state index < -0.39 is 0 Å². The van der Waals surface area contributed by atoms with Gasteiger partial charge in [-0.15, -0.1) is 5.10 Å². The lowest BCUT2D eigenvalue weighted by Crippen LogP contribution is -1.51. The lowest BCUT2D eigenvalue weighted by atomic mass is 11.5. The molecule has 1 heterocycles. The highest BCUT2D eigenvalue weighted by molar-refractivity contribution is 7.03. The number of hydrogen-bond acceptors (Lipinski definition) is 3. The van der Waals surface area contributed by atoms with Crippen LogP contribution in [0.1, 0.15) is 0 Å². The van der Waals surface area contributed by atoms with Gasteiger partial charge in [0.1, 0.15) is 0 Å². The molecule has 0 bridgehead atoms. The Morgan fingerprint density at radius 1 is 1.60 bits per heavy atom. The van der Waals surface area contributed by atoms with E-state index in [1.54, 1.807) is 6.20 Å². The molecule has 5 heavy (non-hydrogen) atoms. The summed E-state index contributed by atoms with van der Waals surface area (Å²) in [4.78, 5) is 0. The molecule has 2 nitrogen and oxygen atoms in total. The molecule has 0 aromatic carbocycles. The zero-order valence-electron chi connectivity index (χ0n) is 2.46. The van der Waals surface area contributed by atoms with Crippen molar-refractivity contribution in [1.29, 1.82) is 0 Å². The summed E-state index contributed by atoms with van der Waals surface area (Å²) in [5.74, 6) is 0. The fourth-order valence-corrected chi connectivity index (χ4v) is 0.408. The lowest BCUT2D eigenvalue weighted by Gasteiger charge is -1.40. The van der Waals surface area contributed by atoms with Crippen LogP contribution in [0.3, 0.4) is 0 Å². The van der Waals surface area contributed by atoms with Crippen molar-refractivity contribution in [2.75, 3.05) is 0 Å². The molecule has 0 amide bonds. The quantitative estimate of drug-likeness (QED) is 0.461. The highest BCUT2D eigenvalue weighted by Crippen LogP contribution is 1.78. The molecule has 1 aromatic heterocycles. The molecule has 0 fully saturated rings. The number of rotatable bonds is 0. The van der Waals surface area contributed by atoms with Gasteiger partial charge in [-0.2, -0.15) is 0 Å². The summed E-state index contributed by atoms with van der Waals surface area (Å²) >= 11 is 1.35. The first kappa shape index (κ1) is 2.78. The predicted molar refractivity (Wildman–Crippen MR) is 19.9 cm³/mol. The van der Waals surface area contributed by atoms with Crippen LogP contribution in [0.4, 0.5) is 0 Å². The van der Waals surface area contributed by atoms with Crippen LogP contribution in [-0.4, -0.2) is 9.59 Å². The minimum Gasteiger partial charge on any atom is -0.147 e. The summed E-state index contributed by atoms with van der Waals surface area (Å²) in [6.45, 7) is 0. The minimum absolute atomic E-state index is 1.35. The van der Waals surface area contributed by atoms with Gasteiger partial charge in [-0.25, -0.2) is 0 Å². The molecule has 0 atom stereocenters. The summed E-state index contributed by atoms with van der Waals surface area (Å²) in [7, 11) is 0. The van der Waals surface area contributed by atoms with Gasteiger partial charge in [-0.3, -0.25) is 0 Å². The molecule has 0 radical (unpaired) electrons. The Morgan fingerprint density at radius 2 is 2.60 bits per heavy atom.